The number of ether oxygens (including phenoxy) is 1. The normalized spacial score (nSPS) is 12.9. The molecule has 0 saturated heterocycles. The maximum Gasteiger partial charge on any atom is 0.243 e. The van der Waals surface area contributed by atoms with Gasteiger partial charge in [0, 0.05) is 10.7 Å². The van der Waals surface area contributed by atoms with Crippen molar-refractivity contribution < 1.29 is 13.2 Å². The SMILES string of the molecule is COc1ccc(C(c2ccccc2)S(=O)(=O)Cl)cc1. The molecule has 2 rings (SSSR count). The Kier molecular flexibility index (Phi) is 4.12. The minimum atomic E-state index is -3.76. The van der Waals surface area contributed by atoms with Crippen LogP contribution in [0.5, 0.6) is 5.75 Å². The molecule has 0 aromatic heterocycles. The molecule has 0 fully saturated rings. The molecule has 0 amide bonds. The average Bonchev–Trinajstić information content (AvgIpc) is 2.39. The lowest BCUT2D eigenvalue weighted by atomic mass is 10.0. The number of hydrogen-bond acceptors (Lipinski definition) is 3. The van der Waals surface area contributed by atoms with Crippen LogP contribution in [0.25, 0.3) is 0 Å². The Morgan fingerprint density at radius 1 is 0.947 bits per heavy atom. The molecule has 0 radical (unpaired) electrons. The van der Waals surface area contributed by atoms with Crippen LogP contribution in [-0.4, -0.2) is 15.5 Å². The first kappa shape index (κ1) is 13.9. The topological polar surface area (TPSA) is 43.4 Å². The summed E-state index contributed by atoms with van der Waals surface area (Å²) in [5.74, 6) is 0.669. The largest absolute Gasteiger partial charge is 0.497 e. The van der Waals surface area contributed by atoms with E-state index in [0.717, 1.165) is 0 Å². The summed E-state index contributed by atoms with van der Waals surface area (Å²) in [4.78, 5) is 0. The molecule has 0 aliphatic rings. The Morgan fingerprint density at radius 3 is 1.95 bits per heavy atom. The Labute approximate surface area is 117 Å². The van der Waals surface area contributed by atoms with Crippen LogP contribution in [0, 0.1) is 0 Å². The maximum atomic E-state index is 11.8. The molecule has 1 atom stereocenters. The third kappa shape index (κ3) is 3.28. The van der Waals surface area contributed by atoms with Crippen molar-refractivity contribution in [3.63, 3.8) is 0 Å². The second-order valence-electron chi connectivity index (χ2n) is 4.04. The lowest BCUT2D eigenvalue weighted by molar-refractivity contribution is 0.414. The summed E-state index contributed by atoms with van der Waals surface area (Å²) in [6.45, 7) is 0. The molecule has 0 heterocycles. The molecule has 2 aromatic carbocycles. The Balaban J connectivity index is 2.50. The van der Waals surface area contributed by atoms with Gasteiger partial charge < -0.3 is 4.74 Å². The highest BCUT2D eigenvalue weighted by Crippen LogP contribution is 2.33. The molecular weight excluding hydrogens is 284 g/mol. The Bertz CT molecular complexity index is 636. The summed E-state index contributed by atoms with van der Waals surface area (Å²) in [6.07, 6.45) is 0. The van der Waals surface area contributed by atoms with Gasteiger partial charge in [0.2, 0.25) is 9.05 Å². The van der Waals surface area contributed by atoms with E-state index in [9.17, 15) is 8.42 Å². The molecule has 0 bridgehead atoms. The van der Waals surface area contributed by atoms with Gasteiger partial charge in [-0.2, -0.15) is 0 Å². The molecule has 3 nitrogen and oxygen atoms in total. The molecule has 0 spiro atoms. The second kappa shape index (κ2) is 5.63. The monoisotopic (exact) mass is 296 g/mol. The lowest BCUT2D eigenvalue weighted by Crippen LogP contribution is -2.09. The van der Waals surface area contributed by atoms with Crippen LogP contribution >= 0.6 is 10.7 Å². The highest BCUT2D eigenvalue weighted by Gasteiger charge is 2.26. The summed E-state index contributed by atoms with van der Waals surface area (Å²) in [7, 11) is 3.38. The van der Waals surface area contributed by atoms with Crippen molar-refractivity contribution in [2.75, 3.05) is 7.11 Å². The predicted octanol–water partition coefficient (Wildman–Crippen LogP) is 3.35. The standard InChI is InChI=1S/C14H13ClO3S/c1-18-13-9-7-12(8-10-13)14(19(15,16)17)11-5-3-2-4-6-11/h2-10,14H,1H3. The van der Waals surface area contributed by atoms with E-state index in [1.54, 1.807) is 55.6 Å². The number of methoxy groups -OCH3 is 1. The number of halogens is 1. The van der Waals surface area contributed by atoms with E-state index in [2.05, 4.69) is 0 Å². The summed E-state index contributed by atoms with van der Waals surface area (Å²) < 4.78 is 28.7. The van der Waals surface area contributed by atoms with Gasteiger partial charge in [0.25, 0.3) is 0 Å². The van der Waals surface area contributed by atoms with Crippen molar-refractivity contribution in [1.29, 1.82) is 0 Å². The molecule has 1 unspecified atom stereocenters. The average molecular weight is 297 g/mol. The predicted molar refractivity (Wildman–Crippen MR) is 76.1 cm³/mol. The van der Waals surface area contributed by atoms with Crippen molar-refractivity contribution in [3.05, 3.63) is 65.7 Å². The highest BCUT2D eigenvalue weighted by molar-refractivity contribution is 8.14. The van der Waals surface area contributed by atoms with Crippen LogP contribution in [0.1, 0.15) is 16.4 Å². The molecular formula is C14H13ClO3S. The zero-order valence-corrected chi connectivity index (χ0v) is 11.9. The fourth-order valence-corrected chi connectivity index (χ4v) is 3.51. The fourth-order valence-electron chi connectivity index (χ4n) is 1.92. The van der Waals surface area contributed by atoms with Gasteiger partial charge in [-0.1, -0.05) is 42.5 Å². The molecule has 0 saturated carbocycles. The Hall–Kier alpha value is -1.52. The third-order valence-corrected chi connectivity index (χ3v) is 4.44. The van der Waals surface area contributed by atoms with Gasteiger partial charge in [-0.25, -0.2) is 8.42 Å². The number of rotatable bonds is 4. The van der Waals surface area contributed by atoms with Crippen LogP contribution < -0.4 is 4.74 Å². The Morgan fingerprint density at radius 2 is 1.47 bits per heavy atom. The van der Waals surface area contributed by atoms with Gasteiger partial charge in [0.15, 0.2) is 0 Å². The van der Waals surface area contributed by atoms with Crippen molar-refractivity contribution in [2.24, 2.45) is 0 Å². The van der Waals surface area contributed by atoms with Crippen LogP contribution in [0.15, 0.2) is 54.6 Å². The lowest BCUT2D eigenvalue weighted by Gasteiger charge is -2.15. The van der Waals surface area contributed by atoms with E-state index in [1.807, 2.05) is 6.07 Å². The molecule has 0 N–H and O–H groups in total. The van der Waals surface area contributed by atoms with E-state index < -0.39 is 14.3 Å². The van der Waals surface area contributed by atoms with E-state index in [4.69, 9.17) is 15.4 Å². The van der Waals surface area contributed by atoms with E-state index in [1.165, 1.54) is 0 Å². The minimum absolute atomic E-state index is 0.613. The highest BCUT2D eigenvalue weighted by atomic mass is 35.7. The van der Waals surface area contributed by atoms with Gasteiger partial charge in [-0.05, 0) is 23.3 Å². The van der Waals surface area contributed by atoms with E-state index in [0.29, 0.717) is 16.9 Å². The zero-order chi connectivity index (χ0) is 13.9. The van der Waals surface area contributed by atoms with Gasteiger partial charge in [-0.15, -0.1) is 0 Å². The van der Waals surface area contributed by atoms with Gasteiger partial charge >= 0.3 is 0 Å². The zero-order valence-electron chi connectivity index (χ0n) is 10.3. The first-order valence-electron chi connectivity index (χ1n) is 5.65. The maximum absolute atomic E-state index is 11.8. The van der Waals surface area contributed by atoms with Crippen molar-refractivity contribution >= 4 is 19.7 Å². The molecule has 0 aliphatic carbocycles. The van der Waals surface area contributed by atoms with Crippen molar-refractivity contribution in [1.82, 2.24) is 0 Å². The quantitative estimate of drug-likeness (QED) is 0.813. The summed E-state index contributed by atoms with van der Waals surface area (Å²) in [6, 6.07) is 15.7. The first-order valence-corrected chi connectivity index (χ1v) is 8.02. The van der Waals surface area contributed by atoms with Gasteiger partial charge in [0.05, 0.1) is 7.11 Å². The van der Waals surface area contributed by atoms with Crippen LogP contribution in [0.4, 0.5) is 0 Å². The first-order chi connectivity index (χ1) is 9.02. The second-order valence-corrected chi connectivity index (χ2v) is 6.75. The third-order valence-electron chi connectivity index (χ3n) is 2.80. The summed E-state index contributed by atoms with van der Waals surface area (Å²) in [5.41, 5.74) is 1.25. The smallest absolute Gasteiger partial charge is 0.243 e. The number of benzene rings is 2. The summed E-state index contributed by atoms with van der Waals surface area (Å²) >= 11 is 0. The van der Waals surface area contributed by atoms with Crippen LogP contribution in [0.2, 0.25) is 0 Å². The van der Waals surface area contributed by atoms with E-state index >= 15 is 0 Å². The van der Waals surface area contributed by atoms with Gasteiger partial charge in [0.1, 0.15) is 11.0 Å². The molecule has 5 heteroatoms. The minimum Gasteiger partial charge on any atom is -0.497 e. The molecule has 0 aliphatic heterocycles. The fraction of sp³-hybridized carbons (Fsp3) is 0.143. The molecule has 100 valence electrons. The summed E-state index contributed by atoms with van der Waals surface area (Å²) in [5, 5.41) is -0.874. The molecule has 2 aromatic rings. The molecule has 19 heavy (non-hydrogen) atoms. The van der Waals surface area contributed by atoms with Crippen LogP contribution in [0.3, 0.4) is 0 Å². The van der Waals surface area contributed by atoms with E-state index in [-0.39, 0.29) is 0 Å². The van der Waals surface area contributed by atoms with Crippen molar-refractivity contribution in [3.8, 4) is 5.75 Å². The van der Waals surface area contributed by atoms with Gasteiger partial charge in [-0.3, -0.25) is 0 Å². The van der Waals surface area contributed by atoms with Crippen LogP contribution in [-0.2, 0) is 9.05 Å². The number of hydrogen-bond donors (Lipinski definition) is 0. The van der Waals surface area contributed by atoms with Crippen molar-refractivity contribution in [2.45, 2.75) is 5.25 Å².